The molecule has 0 unspecified atom stereocenters. The summed E-state index contributed by atoms with van der Waals surface area (Å²) in [5, 5.41) is 29.6. The monoisotopic (exact) mass is 292 g/mol. The lowest BCUT2D eigenvalue weighted by molar-refractivity contribution is 0.369. The second kappa shape index (κ2) is 5.40. The van der Waals surface area contributed by atoms with Crippen molar-refractivity contribution in [1.82, 2.24) is 0 Å². The van der Waals surface area contributed by atoms with Gasteiger partial charge in [0.25, 0.3) is 0 Å². The van der Waals surface area contributed by atoms with Gasteiger partial charge in [0.2, 0.25) is 5.75 Å². The van der Waals surface area contributed by atoms with Crippen LogP contribution in [0.3, 0.4) is 0 Å². The number of benzene rings is 1. The van der Waals surface area contributed by atoms with Gasteiger partial charge in [-0.2, -0.15) is 0 Å². The van der Waals surface area contributed by atoms with Gasteiger partial charge in [-0.05, 0) is 19.8 Å². The van der Waals surface area contributed by atoms with E-state index in [1.165, 1.54) is 13.2 Å². The van der Waals surface area contributed by atoms with Gasteiger partial charge in [-0.15, -0.1) is 6.58 Å². The summed E-state index contributed by atoms with van der Waals surface area (Å²) in [7, 11) is 1.36. The van der Waals surface area contributed by atoms with Crippen molar-refractivity contribution < 1.29 is 24.5 Å². The quantitative estimate of drug-likeness (QED) is 0.591. The van der Waals surface area contributed by atoms with E-state index in [4.69, 9.17) is 9.15 Å². The molecule has 1 aromatic carbocycles. The molecule has 0 amide bonds. The van der Waals surface area contributed by atoms with Gasteiger partial charge < -0.3 is 24.5 Å². The van der Waals surface area contributed by atoms with Crippen LogP contribution in [-0.4, -0.2) is 22.4 Å². The third kappa shape index (κ3) is 2.52. The van der Waals surface area contributed by atoms with E-state index < -0.39 is 17.1 Å². The lowest BCUT2D eigenvalue weighted by atomic mass is 10.0. The molecule has 6 heteroatoms. The molecule has 1 aromatic heterocycles. The van der Waals surface area contributed by atoms with Crippen LogP contribution in [0.25, 0.3) is 11.0 Å². The first kappa shape index (κ1) is 14.8. The van der Waals surface area contributed by atoms with Gasteiger partial charge in [0, 0.05) is 11.6 Å². The van der Waals surface area contributed by atoms with Crippen LogP contribution in [0.2, 0.25) is 0 Å². The first-order valence-electron chi connectivity index (χ1n) is 6.28. The minimum Gasteiger partial charge on any atom is -0.507 e. The summed E-state index contributed by atoms with van der Waals surface area (Å²) in [5.74, 6) is -1.48. The Labute approximate surface area is 120 Å². The van der Waals surface area contributed by atoms with E-state index in [9.17, 15) is 20.1 Å². The molecule has 0 aliphatic heterocycles. The van der Waals surface area contributed by atoms with Crippen LogP contribution in [0, 0.1) is 0 Å². The summed E-state index contributed by atoms with van der Waals surface area (Å²) in [6.07, 6.45) is 1.04. The topological polar surface area (TPSA) is 100 Å². The molecule has 0 bridgehead atoms. The lowest BCUT2D eigenvalue weighted by Crippen LogP contribution is -2.01. The van der Waals surface area contributed by atoms with E-state index in [2.05, 4.69) is 6.58 Å². The van der Waals surface area contributed by atoms with Gasteiger partial charge >= 0.3 is 5.63 Å². The molecule has 0 aliphatic rings. The number of fused-ring (bicyclic) bond motifs is 1. The van der Waals surface area contributed by atoms with Crippen molar-refractivity contribution >= 4 is 11.0 Å². The summed E-state index contributed by atoms with van der Waals surface area (Å²) < 4.78 is 10.1. The van der Waals surface area contributed by atoms with E-state index in [1.807, 2.05) is 6.92 Å². The Morgan fingerprint density at radius 2 is 2.00 bits per heavy atom. The number of ether oxygens (including phenoxy) is 1. The molecule has 2 rings (SSSR count). The normalized spacial score (nSPS) is 10.8. The predicted molar refractivity (Wildman–Crippen MR) is 77.2 cm³/mol. The average molecular weight is 292 g/mol. The Balaban J connectivity index is 2.79. The number of rotatable bonds is 4. The van der Waals surface area contributed by atoms with Gasteiger partial charge in [-0.1, -0.05) is 5.57 Å². The molecule has 3 N–H and O–H groups in total. The van der Waals surface area contributed by atoms with E-state index in [-0.39, 0.29) is 22.5 Å². The maximum Gasteiger partial charge on any atom is 0.382 e. The third-order valence-electron chi connectivity index (χ3n) is 3.19. The minimum absolute atomic E-state index is 0.0455. The van der Waals surface area contributed by atoms with Crippen molar-refractivity contribution in [2.24, 2.45) is 0 Å². The first-order chi connectivity index (χ1) is 9.86. The molecule has 0 saturated carbocycles. The van der Waals surface area contributed by atoms with E-state index in [0.29, 0.717) is 18.4 Å². The Kier molecular flexibility index (Phi) is 3.80. The Bertz CT molecular complexity index is 772. The number of hydrogen-bond acceptors (Lipinski definition) is 6. The van der Waals surface area contributed by atoms with Crippen LogP contribution in [0.15, 0.2) is 27.4 Å². The van der Waals surface area contributed by atoms with Crippen molar-refractivity contribution in [1.29, 1.82) is 0 Å². The Hall–Kier alpha value is -2.63. The number of phenols is 1. The van der Waals surface area contributed by atoms with Crippen molar-refractivity contribution in [2.45, 2.75) is 19.8 Å². The Morgan fingerprint density at radius 1 is 1.33 bits per heavy atom. The van der Waals surface area contributed by atoms with Gasteiger partial charge in [-0.25, -0.2) is 4.79 Å². The molecule has 112 valence electrons. The van der Waals surface area contributed by atoms with Crippen LogP contribution in [-0.2, 0) is 6.42 Å². The Morgan fingerprint density at radius 3 is 2.57 bits per heavy atom. The predicted octanol–water partition coefficient (Wildman–Crippen LogP) is 2.43. The van der Waals surface area contributed by atoms with Crippen LogP contribution in [0.5, 0.6) is 23.0 Å². The zero-order valence-electron chi connectivity index (χ0n) is 11.8. The molecule has 2 aromatic rings. The molecule has 1 heterocycles. The van der Waals surface area contributed by atoms with Crippen LogP contribution in [0.1, 0.15) is 18.9 Å². The summed E-state index contributed by atoms with van der Waals surface area (Å²) in [4.78, 5) is 11.4. The minimum atomic E-state index is -1.09. The van der Waals surface area contributed by atoms with Gasteiger partial charge in [0.1, 0.15) is 22.5 Å². The molecule has 0 aliphatic carbocycles. The molecule has 0 atom stereocenters. The van der Waals surface area contributed by atoms with Crippen LogP contribution in [0.4, 0.5) is 0 Å². The molecule has 21 heavy (non-hydrogen) atoms. The summed E-state index contributed by atoms with van der Waals surface area (Å²) >= 11 is 0. The smallest absolute Gasteiger partial charge is 0.382 e. The maximum absolute atomic E-state index is 11.4. The fourth-order valence-electron chi connectivity index (χ4n) is 2.14. The highest BCUT2D eigenvalue weighted by Gasteiger charge is 2.22. The standard InChI is InChI=1S/C15H16O6/c1-7(2)4-5-8-9(16)6-10-11(14(8)20-3)12(17)13(18)15(19)21-10/h6,16-18H,1,4-5H2,2-3H3. The largest absolute Gasteiger partial charge is 0.507 e. The highest BCUT2D eigenvalue weighted by atomic mass is 16.5. The second-order valence-corrected chi connectivity index (χ2v) is 4.82. The SMILES string of the molecule is C=C(C)CCc1c(O)cc2oc(=O)c(O)c(O)c2c1OC. The van der Waals surface area contributed by atoms with Crippen molar-refractivity contribution in [2.75, 3.05) is 7.11 Å². The summed E-state index contributed by atoms with van der Waals surface area (Å²) in [6, 6.07) is 1.21. The number of hydrogen-bond donors (Lipinski definition) is 3. The van der Waals surface area contributed by atoms with Crippen molar-refractivity contribution in [3.8, 4) is 23.0 Å². The number of methoxy groups -OCH3 is 1. The third-order valence-corrected chi connectivity index (χ3v) is 3.19. The fraction of sp³-hybridized carbons (Fsp3) is 0.267. The lowest BCUT2D eigenvalue weighted by Gasteiger charge is -2.14. The molecular weight excluding hydrogens is 276 g/mol. The molecule has 6 nitrogen and oxygen atoms in total. The second-order valence-electron chi connectivity index (χ2n) is 4.82. The molecule has 0 spiro atoms. The highest BCUT2D eigenvalue weighted by Crippen LogP contribution is 2.43. The highest BCUT2D eigenvalue weighted by molar-refractivity contribution is 5.93. The van der Waals surface area contributed by atoms with Gasteiger partial charge in [0.15, 0.2) is 5.75 Å². The number of phenolic OH excluding ortho intramolecular Hbond substituents is 1. The molecular formula is C15H16O6. The number of allylic oxidation sites excluding steroid dienone is 1. The van der Waals surface area contributed by atoms with E-state index in [0.717, 1.165) is 5.57 Å². The fourth-order valence-corrected chi connectivity index (χ4v) is 2.14. The van der Waals surface area contributed by atoms with Crippen molar-refractivity contribution in [3.63, 3.8) is 0 Å². The zero-order chi connectivity index (χ0) is 15.7. The van der Waals surface area contributed by atoms with Crippen LogP contribution >= 0.6 is 0 Å². The molecule has 0 radical (unpaired) electrons. The van der Waals surface area contributed by atoms with Gasteiger partial charge in [-0.3, -0.25) is 0 Å². The van der Waals surface area contributed by atoms with E-state index in [1.54, 1.807) is 0 Å². The average Bonchev–Trinajstić information content (AvgIpc) is 2.42. The van der Waals surface area contributed by atoms with E-state index >= 15 is 0 Å². The maximum atomic E-state index is 11.4. The first-order valence-corrected chi connectivity index (χ1v) is 6.28. The summed E-state index contributed by atoms with van der Waals surface area (Å²) in [5.41, 5.74) is 0.208. The van der Waals surface area contributed by atoms with Crippen LogP contribution < -0.4 is 10.4 Å². The molecule has 0 saturated heterocycles. The molecule has 0 fully saturated rings. The zero-order valence-corrected chi connectivity index (χ0v) is 11.8. The number of aromatic hydroxyl groups is 3. The summed E-state index contributed by atoms with van der Waals surface area (Å²) in [6.45, 7) is 5.64. The van der Waals surface area contributed by atoms with Crippen molar-refractivity contribution in [3.05, 3.63) is 34.2 Å². The van der Waals surface area contributed by atoms with Gasteiger partial charge in [0.05, 0.1) is 7.11 Å².